The Balaban J connectivity index is 0.00000220. The molecule has 2 aromatic rings. The summed E-state index contributed by atoms with van der Waals surface area (Å²) in [6.45, 7) is 7.60. The summed E-state index contributed by atoms with van der Waals surface area (Å²) < 4.78 is 7.31. The number of aliphatic imine (C=N–C) groups is 1. The van der Waals surface area contributed by atoms with E-state index in [1.165, 1.54) is 0 Å². The summed E-state index contributed by atoms with van der Waals surface area (Å²) in [4.78, 5) is 10.0. The van der Waals surface area contributed by atoms with Gasteiger partial charge in [-0.2, -0.15) is 0 Å². The van der Waals surface area contributed by atoms with Crippen molar-refractivity contribution in [1.82, 2.24) is 20.0 Å². The molecule has 118 valence electrons. The van der Waals surface area contributed by atoms with Crippen molar-refractivity contribution in [3.63, 3.8) is 0 Å². The zero-order valence-electron chi connectivity index (χ0n) is 12.3. The SMILES string of the molecule is CCNC(=NCc1cn2ccsc2n1)NCCOCC.I. The lowest BCUT2D eigenvalue weighted by molar-refractivity contribution is 0.152. The molecule has 0 amide bonds. The Hall–Kier alpha value is -0.870. The quantitative estimate of drug-likeness (QED) is 0.310. The maximum Gasteiger partial charge on any atom is 0.193 e. The molecule has 0 aromatic carbocycles. The minimum absolute atomic E-state index is 0. The highest BCUT2D eigenvalue weighted by Gasteiger charge is 2.02. The molecule has 0 aliphatic rings. The lowest BCUT2D eigenvalue weighted by Crippen LogP contribution is -2.39. The van der Waals surface area contributed by atoms with Crippen LogP contribution >= 0.6 is 35.3 Å². The molecule has 8 heteroatoms. The van der Waals surface area contributed by atoms with E-state index in [9.17, 15) is 0 Å². The Morgan fingerprint density at radius 1 is 1.43 bits per heavy atom. The number of imidazole rings is 1. The van der Waals surface area contributed by atoms with Gasteiger partial charge in [-0.15, -0.1) is 35.3 Å². The molecular weight excluding hydrogens is 401 g/mol. The highest BCUT2D eigenvalue weighted by molar-refractivity contribution is 14.0. The monoisotopic (exact) mass is 423 g/mol. The van der Waals surface area contributed by atoms with Gasteiger partial charge in [-0.1, -0.05) is 0 Å². The molecule has 6 nitrogen and oxygen atoms in total. The van der Waals surface area contributed by atoms with Gasteiger partial charge in [0.15, 0.2) is 10.9 Å². The molecule has 2 heterocycles. The van der Waals surface area contributed by atoms with Crippen LogP contribution in [0.2, 0.25) is 0 Å². The lowest BCUT2D eigenvalue weighted by Gasteiger charge is -2.10. The van der Waals surface area contributed by atoms with Gasteiger partial charge in [0.2, 0.25) is 0 Å². The first-order valence-electron chi connectivity index (χ1n) is 6.84. The van der Waals surface area contributed by atoms with E-state index in [1.807, 2.05) is 36.0 Å². The van der Waals surface area contributed by atoms with Crippen molar-refractivity contribution < 1.29 is 4.74 Å². The normalized spacial score (nSPS) is 11.4. The predicted octanol–water partition coefficient (Wildman–Crippen LogP) is 2.11. The summed E-state index contributed by atoms with van der Waals surface area (Å²) in [6.07, 6.45) is 4.02. The number of ether oxygens (including phenoxy) is 1. The molecule has 0 bridgehead atoms. The third-order valence-electron chi connectivity index (χ3n) is 2.63. The number of guanidine groups is 1. The molecule has 0 atom stereocenters. The molecule has 0 unspecified atom stereocenters. The standard InChI is InChI=1S/C13H21N5OS.HI/c1-3-14-12(15-5-7-19-4-2)16-9-11-10-18-6-8-20-13(18)17-11;/h6,8,10H,3-5,7,9H2,1-2H3,(H2,14,15,16);1H. The second-order valence-electron chi connectivity index (χ2n) is 4.14. The summed E-state index contributed by atoms with van der Waals surface area (Å²) in [6, 6.07) is 0. The van der Waals surface area contributed by atoms with Crippen molar-refractivity contribution in [2.75, 3.05) is 26.3 Å². The number of rotatable bonds is 7. The van der Waals surface area contributed by atoms with E-state index in [0.717, 1.165) is 36.3 Å². The number of aromatic nitrogens is 2. The molecule has 0 fully saturated rings. The van der Waals surface area contributed by atoms with Crippen LogP contribution in [0.1, 0.15) is 19.5 Å². The van der Waals surface area contributed by atoms with Gasteiger partial charge in [-0.05, 0) is 13.8 Å². The molecule has 2 rings (SSSR count). The van der Waals surface area contributed by atoms with E-state index in [-0.39, 0.29) is 24.0 Å². The average Bonchev–Trinajstić information content (AvgIpc) is 3.01. The molecule has 0 radical (unpaired) electrons. The van der Waals surface area contributed by atoms with E-state index >= 15 is 0 Å². The van der Waals surface area contributed by atoms with Crippen LogP contribution in [-0.2, 0) is 11.3 Å². The summed E-state index contributed by atoms with van der Waals surface area (Å²) in [7, 11) is 0. The molecule has 21 heavy (non-hydrogen) atoms. The van der Waals surface area contributed by atoms with Gasteiger partial charge in [0, 0.05) is 37.5 Å². The van der Waals surface area contributed by atoms with Crippen LogP contribution in [0.15, 0.2) is 22.8 Å². The first-order chi connectivity index (χ1) is 9.83. The number of nitrogens with one attached hydrogen (secondary N) is 2. The number of hydrogen-bond donors (Lipinski definition) is 2. The highest BCUT2D eigenvalue weighted by Crippen LogP contribution is 2.11. The number of nitrogens with zero attached hydrogens (tertiary/aromatic N) is 3. The highest BCUT2D eigenvalue weighted by atomic mass is 127. The minimum atomic E-state index is 0. The third kappa shape index (κ3) is 5.79. The smallest absolute Gasteiger partial charge is 0.193 e. The topological polar surface area (TPSA) is 63.0 Å². The largest absolute Gasteiger partial charge is 0.380 e. The Morgan fingerprint density at radius 2 is 2.29 bits per heavy atom. The third-order valence-corrected chi connectivity index (χ3v) is 3.40. The summed E-state index contributed by atoms with van der Waals surface area (Å²) in [5, 5.41) is 8.47. The van der Waals surface area contributed by atoms with Crippen LogP contribution in [0.5, 0.6) is 0 Å². The van der Waals surface area contributed by atoms with Crippen molar-refractivity contribution in [2.24, 2.45) is 4.99 Å². The Labute approximate surface area is 146 Å². The predicted molar refractivity (Wildman–Crippen MR) is 97.8 cm³/mol. The lowest BCUT2D eigenvalue weighted by atomic mass is 10.5. The molecule has 0 saturated carbocycles. The average molecular weight is 423 g/mol. The van der Waals surface area contributed by atoms with Crippen molar-refractivity contribution >= 4 is 46.2 Å². The van der Waals surface area contributed by atoms with E-state index < -0.39 is 0 Å². The zero-order valence-corrected chi connectivity index (χ0v) is 15.5. The molecule has 0 aliphatic heterocycles. The number of fused-ring (bicyclic) bond motifs is 1. The van der Waals surface area contributed by atoms with Crippen LogP contribution in [0.3, 0.4) is 0 Å². The second-order valence-corrected chi connectivity index (χ2v) is 5.02. The van der Waals surface area contributed by atoms with Gasteiger partial charge in [0.05, 0.1) is 18.8 Å². The molecule has 0 saturated heterocycles. The Kier molecular flexibility index (Phi) is 8.62. The molecule has 0 spiro atoms. The minimum Gasteiger partial charge on any atom is -0.380 e. The summed E-state index contributed by atoms with van der Waals surface area (Å²) in [5.41, 5.74) is 0.971. The van der Waals surface area contributed by atoms with E-state index in [4.69, 9.17) is 4.74 Å². The fourth-order valence-corrected chi connectivity index (χ4v) is 2.46. The van der Waals surface area contributed by atoms with E-state index in [1.54, 1.807) is 11.3 Å². The maximum atomic E-state index is 5.29. The van der Waals surface area contributed by atoms with E-state index in [0.29, 0.717) is 13.2 Å². The van der Waals surface area contributed by atoms with Crippen LogP contribution in [0.25, 0.3) is 4.96 Å². The van der Waals surface area contributed by atoms with Gasteiger partial charge in [0.1, 0.15) is 0 Å². The first kappa shape index (κ1) is 18.2. The molecule has 2 N–H and O–H groups in total. The van der Waals surface area contributed by atoms with Crippen LogP contribution in [0.4, 0.5) is 0 Å². The fraction of sp³-hybridized carbons (Fsp3) is 0.538. The van der Waals surface area contributed by atoms with Gasteiger partial charge in [-0.25, -0.2) is 9.98 Å². The summed E-state index contributed by atoms with van der Waals surface area (Å²) in [5.74, 6) is 0.795. The maximum absolute atomic E-state index is 5.29. The Bertz CT molecular complexity index is 525. The van der Waals surface area contributed by atoms with Crippen molar-refractivity contribution in [3.05, 3.63) is 23.5 Å². The van der Waals surface area contributed by atoms with E-state index in [2.05, 4.69) is 20.6 Å². The Morgan fingerprint density at radius 3 is 3.00 bits per heavy atom. The van der Waals surface area contributed by atoms with Crippen LogP contribution < -0.4 is 10.6 Å². The molecule has 0 aliphatic carbocycles. The molecule has 2 aromatic heterocycles. The summed E-state index contributed by atoms with van der Waals surface area (Å²) >= 11 is 1.63. The number of halogens is 1. The van der Waals surface area contributed by atoms with Gasteiger partial charge in [-0.3, -0.25) is 4.40 Å². The number of thiazole rings is 1. The van der Waals surface area contributed by atoms with Crippen molar-refractivity contribution in [2.45, 2.75) is 20.4 Å². The van der Waals surface area contributed by atoms with Gasteiger partial charge in [0.25, 0.3) is 0 Å². The number of hydrogen-bond acceptors (Lipinski definition) is 4. The fourth-order valence-electron chi connectivity index (χ4n) is 1.74. The van der Waals surface area contributed by atoms with Crippen molar-refractivity contribution in [1.29, 1.82) is 0 Å². The van der Waals surface area contributed by atoms with Crippen LogP contribution in [0, 0.1) is 0 Å². The van der Waals surface area contributed by atoms with Gasteiger partial charge < -0.3 is 15.4 Å². The van der Waals surface area contributed by atoms with Gasteiger partial charge >= 0.3 is 0 Å². The molecular formula is C13H22IN5OS. The van der Waals surface area contributed by atoms with Crippen LogP contribution in [-0.4, -0.2) is 41.6 Å². The second kappa shape index (κ2) is 9.96. The first-order valence-corrected chi connectivity index (χ1v) is 7.72. The zero-order chi connectivity index (χ0) is 14.2. The van der Waals surface area contributed by atoms with Crippen molar-refractivity contribution in [3.8, 4) is 0 Å².